The van der Waals surface area contributed by atoms with Gasteiger partial charge in [-0.3, -0.25) is 9.36 Å². The van der Waals surface area contributed by atoms with Gasteiger partial charge in [0.25, 0.3) is 5.56 Å². The summed E-state index contributed by atoms with van der Waals surface area (Å²) in [4.78, 5) is 14.8. The van der Waals surface area contributed by atoms with Crippen molar-refractivity contribution in [1.82, 2.24) is 9.55 Å². The number of aliphatic hydroxyl groups excluding tert-OH is 2. The molecule has 16 heavy (non-hydrogen) atoms. The molecule has 1 fully saturated rings. The second kappa shape index (κ2) is 3.47. The van der Waals surface area contributed by atoms with Crippen molar-refractivity contribution >= 4 is 11.8 Å². The van der Waals surface area contributed by atoms with Gasteiger partial charge in [0.1, 0.15) is 11.5 Å². The van der Waals surface area contributed by atoms with E-state index in [1.54, 1.807) is 10.8 Å². The van der Waals surface area contributed by atoms with Crippen LogP contribution in [0.4, 0.5) is 0 Å². The highest BCUT2D eigenvalue weighted by Gasteiger charge is 2.50. The van der Waals surface area contributed by atoms with Crippen molar-refractivity contribution in [3.05, 3.63) is 22.6 Å². The number of aromatic nitrogens is 2. The molecule has 2 aliphatic rings. The van der Waals surface area contributed by atoms with Crippen LogP contribution in [0.15, 0.2) is 17.1 Å². The van der Waals surface area contributed by atoms with Crippen LogP contribution in [0, 0.1) is 0 Å². The molecular weight excluding hydrogens is 232 g/mol. The van der Waals surface area contributed by atoms with Crippen LogP contribution in [0.2, 0.25) is 0 Å². The molecule has 1 saturated heterocycles. The molecule has 2 N–H and O–H groups in total. The largest absolute Gasteiger partial charge is 0.455 e. The van der Waals surface area contributed by atoms with Crippen LogP contribution >= 0.6 is 11.8 Å². The second-order valence-electron chi connectivity index (χ2n) is 3.78. The Hall–Kier alpha value is -1.05. The SMILES string of the molecule is O=c1ccn2c(n1)O[C@H]1[C@H](O)[C@@H](CO)S[C@@H]12. The van der Waals surface area contributed by atoms with E-state index in [0.717, 1.165) is 0 Å². The van der Waals surface area contributed by atoms with Gasteiger partial charge >= 0.3 is 6.01 Å². The molecule has 1 aromatic heterocycles. The van der Waals surface area contributed by atoms with Crippen LogP contribution in [0.5, 0.6) is 6.01 Å². The highest BCUT2D eigenvalue weighted by atomic mass is 32.2. The van der Waals surface area contributed by atoms with E-state index in [4.69, 9.17) is 9.84 Å². The van der Waals surface area contributed by atoms with Gasteiger partial charge in [-0.15, -0.1) is 11.8 Å². The lowest BCUT2D eigenvalue weighted by atomic mass is 10.1. The Morgan fingerprint density at radius 3 is 3.19 bits per heavy atom. The van der Waals surface area contributed by atoms with E-state index in [1.807, 2.05) is 0 Å². The zero-order chi connectivity index (χ0) is 11.3. The molecule has 1 aromatic rings. The predicted molar refractivity (Wildman–Crippen MR) is 56.4 cm³/mol. The smallest absolute Gasteiger partial charge is 0.301 e. The first-order valence-corrected chi connectivity index (χ1v) is 5.85. The van der Waals surface area contributed by atoms with Gasteiger partial charge in [0.05, 0.1) is 11.9 Å². The number of hydrogen-bond acceptors (Lipinski definition) is 6. The maximum absolute atomic E-state index is 11.0. The van der Waals surface area contributed by atoms with E-state index in [1.165, 1.54) is 17.8 Å². The van der Waals surface area contributed by atoms with Crippen LogP contribution in [0.1, 0.15) is 5.37 Å². The number of fused-ring (bicyclic) bond motifs is 3. The van der Waals surface area contributed by atoms with Crippen molar-refractivity contribution in [3.8, 4) is 6.01 Å². The van der Waals surface area contributed by atoms with Crippen molar-refractivity contribution in [3.63, 3.8) is 0 Å². The van der Waals surface area contributed by atoms with Crippen molar-refractivity contribution in [2.24, 2.45) is 0 Å². The highest BCUT2D eigenvalue weighted by Crippen LogP contribution is 2.47. The molecule has 0 saturated carbocycles. The molecule has 6 nitrogen and oxygen atoms in total. The van der Waals surface area contributed by atoms with Crippen molar-refractivity contribution in [1.29, 1.82) is 0 Å². The van der Waals surface area contributed by atoms with Gasteiger partial charge in [-0.05, 0) is 0 Å². The molecule has 0 radical (unpaired) electrons. The van der Waals surface area contributed by atoms with E-state index in [2.05, 4.69) is 4.98 Å². The lowest BCUT2D eigenvalue weighted by Gasteiger charge is -2.14. The van der Waals surface area contributed by atoms with E-state index in [-0.39, 0.29) is 28.8 Å². The lowest BCUT2D eigenvalue weighted by molar-refractivity contribution is 0.0437. The monoisotopic (exact) mass is 242 g/mol. The Bertz CT molecular complexity index is 477. The Kier molecular flexibility index (Phi) is 2.20. The van der Waals surface area contributed by atoms with Gasteiger partial charge < -0.3 is 14.9 Å². The van der Waals surface area contributed by atoms with Crippen molar-refractivity contribution < 1.29 is 14.9 Å². The summed E-state index contributed by atoms with van der Waals surface area (Å²) < 4.78 is 7.14. The summed E-state index contributed by atoms with van der Waals surface area (Å²) in [5.41, 5.74) is -0.357. The molecule has 0 unspecified atom stereocenters. The van der Waals surface area contributed by atoms with Crippen LogP contribution < -0.4 is 10.3 Å². The Balaban J connectivity index is 1.99. The number of hydrogen-bond donors (Lipinski definition) is 2. The molecule has 0 aliphatic carbocycles. The first-order valence-electron chi connectivity index (χ1n) is 4.91. The molecule has 3 rings (SSSR count). The molecule has 3 heterocycles. The number of rotatable bonds is 1. The molecule has 0 amide bonds. The molecule has 86 valence electrons. The molecule has 0 spiro atoms. The summed E-state index contributed by atoms with van der Waals surface area (Å²) in [6, 6.07) is 1.60. The number of thioether (sulfide) groups is 1. The summed E-state index contributed by atoms with van der Waals surface area (Å²) in [5.74, 6) is 0. The molecular formula is C9H10N2O4S. The molecule has 4 atom stereocenters. The summed E-state index contributed by atoms with van der Waals surface area (Å²) in [6.07, 6.45) is 0.433. The third-order valence-electron chi connectivity index (χ3n) is 2.81. The zero-order valence-electron chi connectivity index (χ0n) is 8.18. The van der Waals surface area contributed by atoms with Crippen molar-refractivity contribution in [2.45, 2.75) is 22.8 Å². The average Bonchev–Trinajstić information content (AvgIpc) is 2.75. The van der Waals surface area contributed by atoms with Gasteiger partial charge in [-0.1, -0.05) is 0 Å². The normalized spacial score (nSPS) is 35.6. The van der Waals surface area contributed by atoms with Gasteiger partial charge in [-0.25, -0.2) is 0 Å². The van der Waals surface area contributed by atoms with Gasteiger partial charge in [0.2, 0.25) is 0 Å². The summed E-state index contributed by atoms with van der Waals surface area (Å²) in [7, 11) is 0. The third-order valence-corrected chi connectivity index (χ3v) is 4.36. The van der Waals surface area contributed by atoms with Crippen molar-refractivity contribution in [2.75, 3.05) is 6.61 Å². The first-order chi connectivity index (χ1) is 7.70. The summed E-state index contributed by atoms with van der Waals surface area (Å²) in [5, 5.41) is 18.6. The van der Waals surface area contributed by atoms with Gasteiger partial charge in [0, 0.05) is 12.3 Å². The minimum absolute atomic E-state index is 0.0921. The maximum Gasteiger partial charge on any atom is 0.301 e. The maximum atomic E-state index is 11.0. The van der Waals surface area contributed by atoms with E-state index < -0.39 is 12.2 Å². The fraction of sp³-hybridized carbons (Fsp3) is 0.556. The fourth-order valence-electron chi connectivity index (χ4n) is 2.02. The Morgan fingerprint density at radius 2 is 2.44 bits per heavy atom. The number of ether oxygens (including phenoxy) is 1. The molecule has 2 aliphatic heterocycles. The standard InChI is InChI=1S/C9H10N2O4S/c12-3-4-6(14)7-8(16-4)11-2-1-5(13)10-9(11)15-7/h1-2,4,6-8,12,14H,3H2/t4-,6-,7+,8+/m1/s1. The molecule has 0 aromatic carbocycles. The van der Waals surface area contributed by atoms with Gasteiger partial charge in [-0.2, -0.15) is 4.98 Å². The van der Waals surface area contributed by atoms with Gasteiger partial charge in [0.15, 0.2) is 6.10 Å². The average molecular weight is 242 g/mol. The Morgan fingerprint density at radius 1 is 1.62 bits per heavy atom. The molecule has 7 heteroatoms. The first kappa shape index (κ1) is 10.1. The van der Waals surface area contributed by atoms with Crippen LogP contribution in [0.3, 0.4) is 0 Å². The highest BCUT2D eigenvalue weighted by molar-refractivity contribution is 8.00. The second-order valence-corrected chi connectivity index (χ2v) is 5.14. The minimum Gasteiger partial charge on any atom is -0.455 e. The zero-order valence-corrected chi connectivity index (χ0v) is 9.00. The van der Waals surface area contributed by atoms with Crippen LogP contribution in [0.25, 0.3) is 0 Å². The lowest BCUT2D eigenvalue weighted by Crippen LogP contribution is -2.34. The van der Waals surface area contributed by atoms with Crippen LogP contribution in [-0.4, -0.2) is 43.8 Å². The summed E-state index contributed by atoms with van der Waals surface area (Å²) >= 11 is 1.43. The summed E-state index contributed by atoms with van der Waals surface area (Å²) in [6.45, 7) is -0.0921. The third kappa shape index (κ3) is 1.28. The van der Waals surface area contributed by atoms with E-state index in [0.29, 0.717) is 0 Å². The Labute approximate surface area is 94.9 Å². The van der Waals surface area contributed by atoms with Crippen LogP contribution in [-0.2, 0) is 0 Å². The fourth-order valence-corrected chi connectivity index (χ4v) is 3.44. The predicted octanol–water partition coefficient (Wildman–Crippen LogP) is -1.03. The molecule has 0 bridgehead atoms. The number of aliphatic hydroxyl groups is 2. The van der Waals surface area contributed by atoms with E-state index >= 15 is 0 Å². The minimum atomic E-state index is -0.739. The quantitative estimate of drug-likeness (QED) is 0.655. The van der Waals surface area contributed by atoms with E-state index in [9.17, 15) is 9.90 Å². The number of nitrogens with zero attached hydrogens (tertiary/aromatic N) is 2. The topological polar surface area (TPSA) is 84.6 Å².